The zero-order valence-corrected chi connectivity index (χ0v) is 23.9. The number of hydrogen-bond donors (Lipinski definition) is 3. The summed E-state index contributed by atoms with van der Waals surface area (Å²) in [5, 5.41) is 16.7. The van der Waals surface area contributed by atoms with Crippen LogP contribution in [0.1, 0.15) is 40.5 Å². The summed E-state index contributed by atoms with van der Waals surface area (Å²) < 4.78 is 12.1. The summed E-state index contributed by atoms with van der Waals surface area (Å²) in [6, 6.07) is 12.1. The summed E-state index contributed by atoms with van der Waals surface area (Å²) in [7, 11) is 0. The topological polar surface area (TPSA) is 117 Å². The van der Waals surface area contributed by atoms with Gasteiger partial charge in [-0.3, -0.25) is 14.4 Å². The molecule has 0 saturated carbocycles. The second-order valence-corrected chi connectivity index (χ2v) is 11.8. The molecular formula is C30H36ClN3O6. The van der Waals surface area contributed by atoms with Gasteiger partial charge in [0.05, 0.1) is 36.7 Å². The summed E-state index contributed by atoms with van der Waals surface area (Å²) >= 11 is 6.02. The molecule has 10 heteroatoms. The molecule has 0 aliphatic carbocycles. The van der Waals surface area contributed by atoms with E-state index in [1.807, 2.05) is 27.7 Å². The van der Waals surface area contributed by atoms with Crippen LogP contribution in [-0.2, 0) is 19.1 Å². The highest BCUT2D eigenvalue weighted by atomic mass is 35.5. The Balaban J connectivity index is 1.50. The first-order valence-electron chi connectivity index (χ1n) is 13.8. The number of halogens is 1. The molecule has 2 unspecified atom stereocenters. The molecule has 2 aromatic carbocycles. The van der Waals surface area contributed by atoms with Crippen LogP contribution in [0, 0.1) is 17.8 Å². The number of nitrogens with zero attached hydrogens (tertiary/aromatic N) is 1. The number of fused-ring (bicyclic) bond motifs is 1. The van der Waals surface area contributed by atoms with Gasteiger partial charge in [0.15, 0.2) is 0 Å². The predicted molar refractivity (Wildman–Crippen MR) is 151 cm³/mol. The fraction of sp³-hybridized carbons (Fsp3) is 0.500. The van der Waals surface area contributed by atoms with Crippen LogP contribution in [0.2, 0.25) is 5.02 Å². The first-order valence-corrected chi connectivity index (χ1v) is 14.2. The smallest absolute Gasteiger partial charge is 0.250 e. The third kappa shape index (κ3) is 4.63. The Morgan fingerprint density at radius 3 is 2.25 bits per heavy atom. The van der Waals surface area contributed by atoms with E-state index in [4.69, 9.17) is 21.1 Å². The Kier molecular flexibility index (Phi) is 7.58. The number of rotatable bonds is 9. The van der Waals surface area contributed by atoms with Crippen molar-refractivity contribution in [2.24, 2.45) is 17.8 Å². The second-order valence-electron chi connectivity index (χ2n) is 11.4. The first-order chi connectivity index (χ1) is 19.0. The van der Waals surface area contributed by atoms with E-state index < -0.39 is 41.0 Å². The number of hydrogen-bond acceptors (Lipinski definition) is 6. The number of anilines is 2. The maximum atomic E-state index is 14.3. The van der Waals surface area contributed by atoms with Crippen LogP contribution in [0.15, 0.2) is 48.5 Å². The Labute approximate surface area is 239 Å². The summed E-state index contributed by atoms with van der Waals surface area (Å²) in [6.07, 6.45) is 0.959. The van der Waals surface area contributed by atoms with Crippen molar-refractivity contribution in [2.45, 2.75) is 63.8 Å². The molecule has 6 atom stereocenters. The highest BCUT2D eigenvalue weighted by Gasteiger charge is 2.78. The summed E-state index contributed by atoms with van der Waals surface area (Å²) in [4.78, 5) is 43.5. The average molecular weight is 570 g/mol. The van der Waals surface area contributed by atoms with Crippen LogP contribution in [0.25, 0.3) is 0 Å². The molecule has 3 aliphatic rings. The lowest BCUT2D eigenvalue weighted by molar-refractivity contribution is -0.148. The lowest BCUT2D eigenvalue weighted by atomic mass is 9.66. The van der Waals surface area contributed by atoms with E-state index in [2.05, 4.69) is 10.6 Å². The van der Waals surface area contributed by atoms with Crippen molar-refractivity contribution >= 4 is 40.7 Å². The number of carbonyl (C=O) groups excluding carboxylic acids is 3. The molecular weight excluding hydrogens is 534 g/mol. The molecule has 3 N–H and O–H groups in total. The molecule has 0 aromatic heterocycles. The van der Waals surface area contributed by atoms with E-state index in [0.29, 0.717) is 41.6 Å². The zero-order chi connectivity index (χ0) is 28.8. The molecule has 9 nitrogen and oxygen atoms in total. The molecule has 0 radical (unpaired) electrons. The quantitative estimate of drug-likeness (QED) is 0.419. The van der Waals surface area contributed by atoms with E-state index in [0.717, 1.165) is 0 Å². The van der Waals surface area contributed by atoms with E-state index in [1.165, 1.54) is 4.90 Å². The number of aliphatic hydroxyl groups is 1. The maximum absolute atomic E-state index is 14.3. The molecule has 2 aromatic rings. The van der Waals surface area contributed by atoms with Gasteiger partial charge in [0, 0.05) is 16.4 Å². The van der Waals surface area contributed by atoms with Crippen molar-refractivity contribution < 1.29 is 29.0 Å². The highest BCUT2D eigenvalue weighted by Crippen LogP contribution is 2.63. The number of carbonyl (C=O) groups is 3. The first kappa shape index (κ1) is 28.4. The van der Waals surface area contributed by atoms with Gasteiger partial charge in [-0.25, -0.2) is 0 Å². The predicted octanol–water partition coefficient (Wildman–Crippen LogP) is 4.10. The lowest BCUT2D eigenvalue weighted by Crippen LogP contribution is -2.57. The van der Waals surface area contributed by atoms with Crippen molar-refractivity contribution in [1.82, 2.24) is 4.90 Å². The van der Waals surface area contributed by atoms with Gasteiger partial charge in [-0.15, -0.1) is 0 Å². The number of likely N-dealkylation sites (tertiary alicyclic amines) is 1. The van der Waals surface area contributed by atoms with Gasteiger partial charge < -0.3 is 30.1 Å². The minimum atomic E-state index is -1.20. The van der Waals surface area contributed by atoms with Crippen LogP contribution >= 0.6 is 11.6 Å². The monoisotopic (exact) mass is 569 g/mol. The van der Waals surface area contributed by atoms with Crippen LogP contribution in [0.5, 0.6) is 5.75 Å². The third-order valence-electron chi connectivity index (χ3n) is 8.60. The zero-order valence-electron chi connectivity index (χ0n) is 23.1. The van der Waals surface area contributed by atoms with E-state index in [-0.39, 0.29) is 24.3 Å². The van der Waals surface area contributed by atoms with Gasteiger partial charge in [0.1, 0.15) is 17.4 Å². The van der Waals surface area contributed by atoms with Crippen molar-refractivity contribution in [3.63, 3.8) is 0 Å². The van der Waals surface area contributed by atoms with Crippen LogP contribution in [0.3, 0.4) is 0 Å². The van der Waals surface area contributed by atoms with Crippen molar-refractivity contribution in [3.05, 3.63) is 53.6 Å². The Bertz CT molecular complexity index is 1290. The minimum absolute atomic E-state index is 0.140. The number of aliphatic hydroxyl groups excluding tert-OH is 1. The number of benzene rings is 2. The van der Waals surface area contributed by atoms with E-state index in [9.17, 15) is 19.5 Å². The molecule has 5 rings (SSSR count). The molecule has 3 aliphatic heterocycles. The molecule has 40 heavy (non-hydrogen) atoms. The van der Waals surface area contributed by atoms with Crippen molar-refractivity contribution in [1.29, 1.82) is 0 Å². The minimum Gasteiger partial charge on any atom is -0.494 e. The molecule has 214 valence electrons. The second kappa shape index (κ2) is 10.7. The fourth-order valence-corrected chi connectivity index (χ4v) is 6.93. The molecule has 1 spiro atoms. The Morgan fingerprint density at radius 2 is 1.68 bits per heavy atom. The van der Waals surface area contributed by atoms with Gasteiger partial charge in [-0.2, -0.15) is 0 Å². The number of ether oxygens (including phenoxy) is 2. The summed E-state index contributed by atoms with van der Waals surface area (Å²) in [5.41, 5.74) is -1.03. The van der Waals surface area contributed by atoms with Gasteiger partial charge in [0.2, 0.25) is 17.7 Å². The van der Waals surface area contributed by atoms with Crippen LogP contribution < -0.4 is 15.4 Å². The molecule has 3 fully saturated rings. The third-order valence-corrected chi connectivity index (χ3v) is 8.86. The lowest BCUT2D eigenvalue weighted by Gasteiger charge is -2.38. The molecule has 2 bridgehead atoms. The van der Waals surface area contributed by atoms with Gasteiger partial charge in [-0.1, -0.05) is 25.4 Å². The van der Waals surface area contributed by atoms with Gasteiger partial charge in [-0.05, 0) is 81.1 Å². The molecule has 3 heterocycles. The van der Waals surface area contributed by atoms with Crippen molar-refractivity contribution in [3.8, 4) is 5.75 Å². The number of amides is 3. The van der Waals surface area contributed by atoms with Gasteiger partial charge in [0.25, 0.3) is 0 Å². The summed E-state index contributed by atoms with van der Waals surface area (Å²) in [5.74, 6) is -2.25. The average Bonchev–Trinajstić information content (AvgIpc) is 3.48. The fourth-order valence-electron chi connectivity index (χ4n) is 6.81. The standard InChI is InChI=1S/C30H36ClN3O6/c1-5-39-21-12-10-20(11-13-21)32-26(36)23-24-28(38)34(22(16-35)17(2)3)25(30(24)15-14-29(23,4)40-30)27(37)33-19-8-6-18(31)7-9-19/h6-13,17,22-25,35H,5,14-16H2,1-4H3,(H,32,36)(H,33,37)/t22-,23+,24-,25?,29-,30?/m0/s1. The van der Waals surface area contributed by atoms with Crippen molar-refractivity contribution in [2.75, 3.05) is 23.8 Å². The largest absolute Gasteiger partial charge is 0.494 e. The summed E-state index contributed by atoms with van der Waals surface area (Å²) in [6.45, 7) is 7.74. The Hall–Kier alpha value is -3.14. The van der Waals surface area contributed by atoms with E-state index >= 15 is 0 Å². The molecule has 3 amide bonds. The van der Waals surface area contributed by atoms with Crippen LogP contribution in [-0.4, -0.2) is 64.2 Å². The van der Waals surface area contributed by atoms with Gasteiger partial charge >= 0.3 is 0 Å². The maximum Gasteiger partial charge on any atom is 0.250 e. The van der Waals surface area contributed by atoms with E-state index in [1.54, 1.807) is 48.5 Å². The SMILES string of the molecule is CCOc1ccc(NC(=O)[C@H]2[C@H]3C(=O)N([C@@H](CO)C(C)C)C(C(=O)Nc4ccc(Cl)cc4)C34CC[C@]2(C)O4)cc1. The van der Waals surface area contributed by atoms with Crippen LogP contribution in [0.4, 0.5) is 11.4 Å². The Morgan fingerprint density at radius 1 is 1.07 bits per heavy atom. The normalized spacial score (nSPS) is 29.4. The molecule has 3 saturated heterocycles. The highest BCUT2D eigenvalue weighted by molar-refractivity contribution is 6.30. The number of nitrogens with one attached hydrogen (secondary N) is 2.